The summed E-state index contributed by atoms with van der Waals surface area (Å²) in [7, 11) is 0. The van der Waals surface area contributed by atoms with Crippen molar-refractivity contribution >= 4 is 38.9 Å². The number of halogens is 1. The van der Waals surface area contributed by atoms with Crippen molar-refractivity contribution in [2.45, 2.75) is 6.42 Å². The monoisotopic (exact) mass is 349 g/mol. The lowest BCUT2D eigenvalue weighted by Crippen LogP contribution is -2.15. The fourth-order valence-corrected chi connectivity index (χ4v) is 2.19. The van der Waals surface area contributed by atoms with Crippen LogP contribution in [0.1, 0.15) is 5.56 Å². The average Bonchev–Trinajstić information content (AvgIpc) is 2.40. The summed E-state index contributed by atoms with van der Waals surface area (Å²) in [5.74, 6) is -0.342. The molecule has 3 N–H and O–H groups in total. The maximum absolute atomic E-state index is 12.0. The molecule has 0 radical (unpaired) electrons. The maximum atomic E-state index is 12.0. The van der Waals surface area contributed by atoms with Gasteiger partial charge in [0.25, 0.3) is 5.69 Å². The van der Waals surface area contributed by atoms with Gasteiger partial charge >= 0.3 is 0 Å². The van der Waals surface area contributed by atoms with E-state index in [1.807, 2.05) is 0 Å². The van der Waals surface area contributed by atoms with Gasteiger partial charge in [0.2, 0.25) is 5.91 Å². The standard InChI is InChI=1S/C14H12BrN3O3/c15-10-4-5-12(13(8-10)18(20)21)17-14(19)7-9-2-1-3-11(16)6-9/h1-6,8H,7,16H2,(H,17,19). The van der Waals surface area contributed by atoms with Crippen LogP contribution in [0.2, 0.25) is 0 Å². The van der Waals surface area contributed by atoms with E-state index in [1.54, 1.807) is 30.3 Å². The van der Waals surface area contributed by atoms with Crippen LogP contribution >= 0.6 is 15.9 Å². The Hall–Kier alpha value is -2.41. The van der Waals surface area contributed by atoms with Gasteiger partial charge in [0.1, 0.15) is 5.69 Å². The lowest BCUT2D eigenvalue weighted by atomic mass is 10.1. The number of nitrogens with two attached hydrogens (primary N) is 1. The van der Waals surface area contributed by atoms with E-state index in [1.165, 1.54) is 12.1 Å². The molecule has 0 aliphatic carbocycles. The van der Waals surface area contributed by atoms with Gasteiger partial charge in [-0.3, -0.25) is 14.9 Å². The molecule has 2 aromatic rings. The van der Waals surface area contributed by atoms with E-state index >= 15 is 0 Å². The van der Waals surface area contributed by atoms with Gasteiger partial charge in [-0.15, -0.1) is 0 Å². The van der Waals surface area contributed by atoms with E-state index in [4.69, 9.17) is 5.73 Å². The summed E-state index contributed by atoms with van der Waals surface area (Å²) in [6.07, 6.45) is 0.0955. The van der Waals surface area contributed by atoms with Crippen molar-refractivity contribution in [3.05, 3.63) is 62.6 Å². The molecule has 108 valence electrons. The first-order valence-electron chi connectivity index (χ1n) is 6.04. The van der Waals surface area contributed by atoms with E-state index < -0.39 is 4.92 Å². The number of nitrogens with zero attached hydrogens (tertiary/aromatic N) is 1. The molecule has 0 saturated heterocycles. The van der Waals surface area contributed by atoms with Gasteiger partial charge < -0.3 is 11.1 Å². The molecule has 2 aromatic carbocycles. The predicted octanol–water partition coefficient (Wildman–Crippen LogP) is 3.12. The summed E-state index contributed by atoms with van der Waals surface area (Å²) in [4.78, 5) is 22.4. The summed E-state index contributed by atoms with van der Waals surface area (Å²) in [6, 6.07) is 11.4. The zero-order valence-electron chi connectivity index (χ0n) is 10.9. The second-order valence-electron chi connectivity index (χ2n) is 4.39. The second kappa shape index (κ2) is 6.36. The number of amides is 1. The third kappa shape index (κ3) is 4.03. The molecule has 6 nitrogen and oxygen atoms in total. The van der Waals surface area contributed by atoms with Crippen molar-refractivity contribution in [3.8, 4) is 0 Å². The Morgan fingerprint density at radius 1 is 1.29 bits per heavy atom. The van der Waals surface area contributed by atoms with Gasteiger partial charge in [0.15, 0.2) is 0 Å². The van der Waals surface area contributed by atoms with Crippen LogP contribution in [0.25, 0.3) is 0 Å². The number of carbonyl (C=O) groups is 1. The zero-order chi connectivity index (χ0) is 15.4. The highest BCUT2D eigenvalue weighted by Gasteiger charge is 2.16. The molecule has 0 bridgehead atoms. The summed E-state index contributed by atoms with van der Waals surface area (Å²) in [5, 5.41) is 13.5. The number of hydrogen-bond acceptors (Lipinski definition) is 4. The van der Waals surface area contributed by atoms with E-state index in [0.29, 0.717) is 10.2 Å². The number of nitrogen functional groups attached to an aromatic ring is 1. The third-order valence-corrected chi connectivity index (χ3v) is 3.24. The fourth-order valence-electron chi connectivity index (χ4n) is 1.84. The van der Waals surface area contributed by atoms with Gasteiger partial charge in [-0.2, -0.15) is 0 Å². The van der Waals surface area contributed by atoms with E-state index in [-0.39, 0.29) is 23.7 Å². The first-order chi connectivity index (χ1) is 9.95. The Balaban J connectivity index is 2.15. The number of anilines is 2. The first-order valence-corrected chi connectivity index (χ1v) is 6.83. The van der Waals surface area contributed by atoms with Crippen LogP contribution < -0.4 is 11.1 Å². The molecule has 0 unspecified atom stereocenters. The highest BCUT2D eigenvalue weighted by molar-refractivity contribution is 9.10. The maximum Gasteiger partial charge on any atom is 0.293 e. The van der Waals surface area contributed by atoms with Crippen LogP contribution in [-0.2, 0) is 11.2 Å². The molecule has 21 heavy (non-hydrogen) atoms. The SMILES string of the molecule is Nc1cccc(CC(=O)Nc2ccc(Br)cc2[N+](=O)[O-])c1. The Kier molecular flexibility index (Phi) is 4.54. The number of nitro groups is 1. The molecule has 0 spiro atoms. The number of hydrogen-bond donors (Lipinski definition) is 2. The summed E-state index contributed by atoms with van der Waals surface area (Å²) >= 11 is 3.16. The van der Waals surface area contributed by atoms with Gasteiger partial charge in [-0.1, -0.05) is 28.1 Å². The summed E-state index contributed by atoms with van der Waals surface area (Å²) in [6.45, 7) is 0. The minimum atomic E-state index is -0.541. The third-order valence-electron chi connectivity index (χ3n) is 2.75. The molecule has 0 heterocycles. The smallest absolute Gasteiger partial charge is 0.293 e. The summed E-state index contributed by atoms with van der Waals surface area (Å²) < 4.78 is 0.572. The minimum Gasteiger partial charge on any atom is -0.399 e. The van der Waals surface area contributed by atoms with E-state index in [9.17, 15) is 14.9 Å². The predicted molar refractivity (Wildman–Crippen MR) is 84.0 cm³/mol. The van der Waals surface area contributed by atoms with E-state index in [0.717, 1.165) is 5.56 Å². The van der Waals surface area contributed by atoms with Crippen LogP contribution in [0.3, 0.4) is 0 Å². The van der Waals surface area contributed by atoms with Crippen LogP contribution in [0.15, 0.2) is 46.9 Å². The second-order valence-corrected chi connectivity index (χ2v) is 5.30. The normalized spacial score (nSPS) is 10.1. The molecule has 0 aliphatic heterocycles. The molecule has 0 saturated carbocycles. The number of nitrogens with one attached hydrogen (secondary N) is 1. The molecule has 1 amide bonds. The van der Waals surface area contributed by atoms with Gasteiger partial charge in [0, 0.05) is 16.2 Å². The van der Waals surface area contributed by atoms with Crippen LogP contribution in [0, 0.1) is 10.1 Å². The van der Waals surface area contributed by atoms with Crippen molar-refractivity contribution in [2.24, 2.45) is 0 Å². The van der Waals surface area contributed by atoms with Gasteiger partial charge in [-0.25, -0.2) is 0 Å². The lowest BCUT2D eigenvalue weighted by Gasteiger charge is -2.07. The first kappa shape index (κ1) is 15.0. The van der Waals surface area contributed by atoms with Gasteiger partial charge in [0.05, 0.1) is 11.3 Å². The van der Waals surface area contributed by atoms with Crippen molar-refractivity contribution in [1.82, 2.24) is 0 Å². The Morgan fingerprint density at radius 3 is 2.71 bits per heavy atom. The molecule has 0 aliphatic rings. The van der Waals surface area contributed by atoms with Crippen molar-refractivity contribution < 1.29 is 9.72 Å². The highest BCUT2D eigenvalue weighted by Crippen LogP contribution is 2.28. The van der Waals surface area contributed by atoms with Crippen molar-refractivity contribution in [2.75, 3.05) is 11.1 Å². The van der Waals surface area contributed by atoms with Gasteiger partial charge in [-0.05, 0) is 29.8 Å². The molecule has 2 rings (SSSR count). The number of benzene rings is 2. The van der Waals surface area contributed by atoms with Crippen LogP contribution in [-0.4, -0.2) is 10.8 Å². The molecule has 0 aromatic heterocycles. The zero-order valence-corrected chi connectivity index (χ0v) is 12.5. The molecular formula is C14H12BrN3O3. The largest absolute Gasteiger partial charge is 0.399 e. The summed E-state index contributed by atoms with van der Waals surface area (Å²) in [5.41, 5.74) is 6.95. The lowest BCUT2D eigenvalue weighted by molar-refractivity contribution is -0.384. The Labute approximate surface area is 129 Å². The average molecular weight is 350 g/mol. The minimum absolute atomic E-state index is 0.0955. The number of nitro benzene ring substituents is 1. The highest BCUT2D eigenvalue weighted by atomic mass is 79.9. The number of rotatable bonds is 4. The fraction of sp³-hybridized carbons (Fsp3) is 0.0714. The van der Waals surface area contributed by atoms with Crippen molar-refractivity contribution in [3.63, 3.8) is 0 Å². The molecule has 0 fully saturated rings. The molecule has 0 atom stereocenters. The quantitative estimate of drug-likeness (QED) is 0.503. The van der Waals surface area contributed by atoms with Crippen molar-refractivity contribution in [1.29, 1.82) is 0 Å². The number of carbonyl (C=O) groups excluding carboxylic acids is 1. The van der Waals surface area contributed by atoms with E-state index in [2.05, 4.69) is 21.2 Å². The topological polar surface area (TPSA) is 98.3 Å². The Morgan fingerprint density at radius 2 is 2.05 bits per heavy atom. The van der Waals surface area contributed by atoms with Crippen LogP contribution in [0.4, 0.5) is 17.1 Å². The molecular weight excluding hydrogens is 338 g/mol. The Bertz CT molecular complexity index is 704. The van der Waals surface area contributed by atoms with Crippen LogP contribution in [0.5, 0.6) is 0 Å². The molecule has 7 heteroatoms.